The van der Waals surface area contributed by atoms with Gasteiger partial charge in [0, 0.05) is 12.3 Å². The standard InChI is InChI=1S/C19H16F4N2OS/c20-16-7-3-13(4-8-16)10-25-17(11-26)9-24-18(25)27-12-14-1-5-15(6-2-14)19(21,22)23/h1-9,26H,10-12H2. The van der Waals surface area contributed by atoms with Crippen molar-refractivity contribution >= 4 is 11.8 Å². The predicted octanol–water partition coefficient (Wildman–Crippen LogP) is 4.87. The van der Waals surface area contributed by atoms with Crippen LogP contribution in [0.5, 0.6) is 0 Å². The van der Waals surface area contributed by atoms with Gasteiger partial charge in [0.1, 0.15) is 5.82 Å². The first kappa shape index (κ1) is 19.4. The lowest BCUT2D eigenvalue weighted by molar-refractivity contribution is -0.137. The van der Waals surface area contributed by atoms with Crippen molar-refractivity contribution in [1.82, 2.24) is 9.55 Å². The van der Waals surface area contributed by atoms with Crippen molar-refractivity contribution in [3.8, 4) is 0 Å². The largest absolute Gasteiger partial charge is 0.416 e. The second-order valence-corrected chi connectivity index (χ2v) is 6.83. The average Bonchev–Trinajstić information content (AvgIpc) is 3.03. The summed E-state index contributed by atoms with van der Waals surface area (Å²) in [6, 6.07) is 11.0. The zero-order chi connectivity index (χ0) is 19.4. The van der Waals surface area contributed by atoms with E-state index < -0.39 is 11.7 Å². The summed E-state index contributed by atoms with van der Waals surface area (Å²) in [5.74, 6) is 0.104. The summed E-state index contributed by atoms with van der Waals surface area (Å²) in [4.78, 5) is 4.28. The number of nitrogens with zero attached hydrogens (tertiary/aromatic N) is 2. The Morgan fingerprint density at radius 3 is 2.19 bits per heavy atom. The molecule has 3 rings (SSSR count). The Hall–Kier alpha value is -2.32. The summed E-state index contributed by atoms with van der Waals surface area (Å²) in [6.07, 6.45) is -2.80. The molecule has 0 saturated carbocycles. The molecule has 0 fully saturated rings. The fraction of sp³-hybridized carbons (Fsp3) is 0.211. The summed E-state index contributed by atoms with van der Waals surface area (Å²) in [5, 5.41) is 10.1. The van der Waals surface area contributed by atoms with Gasteiger partial charge >= 0.3 is 6.18 Å². The first-order valence-corrected chi connectivity index (χ1v) is 9.04. The number of rotatable bonds is 6. The van der Waals surface area contributed by atoms with Crippen LogP contribution in [0.2, 0.25) is 0 Å². The van der Waals surface area contributed by atoms with E-state index in [-0.39, 0.29) is 12.4 Å². The van der Waals surface area contributed by atoms with Gasteiger partial charge in [0.15, 0.2) is 5.16 Å². The van der Waals surface area contributed by atoms with Crippen LogP contribution >= 0.6 is 11.8 Å². The highest BCUT2D eigenvalue weighted by Gasteiger charge is 2.29. The molecule has 3 aromatic rings. The number of aromatic nitrogens is 2. The van der Waals surface area contributed by atoms with Crippen LogP contribution in [0.1, 0.15) is 22.4 Å². The number of aliphatic hydroxyl groups excluding tert-OH is 1. The topological polar surface area (TPSA) is 38.1 Å². The highest BCUT2D eigenvalue weighted by atomic mass is 32.2. The Morgan fingerprint density at radius 1 is 0.963 bits per heavy atom. The minimum absolute atomic E-state index is 0.199. The number of benzene rings is 2. The number of halogens is 4. The van der Waals surface area contributed by atoms with Crippen molar-refractivity contribution in [2.75, 3.05) is 0 Å². The molecule has 8 heteroatoms. The van der Waals surface area contributed by atoms with Crippen molar-refractivity contribution in [3.05, 3.63) is 82.9 Å². The van der Waals surface area contributed by atoms with E-state index in [0.29, 0.717) is 23.1 Å². The molecule has 1 N–H and O–H groups in total. The summed E-state index contributed by atoms with van der Waals surface area (Å²) in [5.41, 5.74) is 1.50. The van der Waals surface area contributed by atoms with Crippen LogP contribution in [0.3, 0.4) is 0 Å². The monoisotopic (exact) mass is 396 g/mol. The van der Waals surface area contributed by atoms with Crippen molar-refractivity contribution in [2.45, 2.75) is 30.2 Å². The molecule has 0 aliphatic carbocycles. The quantitative estimate of drug-likeness (QED) is 0.477. The summed E-state index contributed by atoms with van der Waals surface area (Å²) in [6.45, 7) is 0.209. The zero-order valence-electron chi connectivity index (χ0n) is 14.1. The van der Waals surface area contributed by atoms with Crippen LogP contribution in [0.25, 0.3) is 0 Å². The van der Waals surface area contributed by atoms with Crippen molar-refractivity contribution < 1.29 is 22.7 Å². The molecule has 0 aliphatic rings. The van der Waals surface area contributed by atoms with Crippen molar-refractivity contribution in [3.63, 3.8) is 0 Å². The molecule has 0 saturated heterocycles. The Bertz CT molecular complexity index is 890. The molecule has 27 heavy (non-hydrogen) atoms. The van der Waals surface area contributed by atoms with E-state index in [1.807, 2.05) is 4.57 Å². The van der Waals surface area contributed by atoms with Gasteiger partial charge < -0.3 is 9.67 Å². The van der Waals surface area contributed by atoms with Gasteiger partial charge in [-0.3, -0.25) is 0 Å². The second kappa shape index (κ2) is 8.14. The lowest BCUT2D eigenvalue weighted by Crippen LogP contribution is -2.06. The first-order valence-electron chi connectivity index (χ1n) is 8.05. The van der Waals surface area contributed by atoms with Crippen LogP contribution in [0.4, 0.5) is 17.6 Å². The minimum Gasteiger partial charge on any atom is -0.390 e. The Balaban J connectivity index is 1.73. The van der Waals surface area contributed by atoms with E-state index in [1.165, 1.54) is 36.0 Å². The van der Waals surface area contributed by atoms with Crippen molar-refractivity contribution in [1.29, 1.82) is 0 Å². The third-order valence-corrected chi connectivity index (χ3v) is 5.03. The smallest absolute Gasteiger partial charge is 0.390 e. The maximum atomic E-state index is 13.1. The molecule has 3 nitrogen and oxygen atoms in total. The van der Waals surface area contributed by atoms with E-state index in [1.54, 1.807) is 18.3 Å². The SMILES string of the molecule is OCc1cnc(SCc2ccc(C(F)(F)F)cc2)n1Cc1ccc(F)cc1. The van der Waals surface area contributed by atoms with E-state index in [9.17, 15) is 22.7 Å². The van der Waals surface area contributed by atoms with Gasteiger partial charge in [-0.2, -0.15) is 13.2 Å². The van der Waals surface area contributed by atoms with Crippen molar-refractivity contribution in [2.24, 2.45) is 0 Å². The number of thioether (sulfide) groups is 1. The van der Waals surface area contributed by atoms with Gasteiger partial charge in [0.2, 0.25) is 0 Å². The van der Waals surface area contributed by atoms with Crippen LogP contribution in [-0.2, 0) is 25.1 Å². The van der Waals surface area contributed by atoms with Gasteiger partial charge in [0.05, 0.1) is 24.1 Å². The molecule has 0 spiro atoms. The molecule has 0 unspecified atom stereocenters. The molecule has 0 bridgehead atoms. The van der Waals surface area contributed by atoms with E-state index >= 15 is 0 Å². The average molecular weight is 396 g/mol. The van der Waals surface area contributed by atoms with Crippen LogP contribution in [-0.4, -0.2) is 14.7 Å². The fourth-order valence-corrected chi connectivity index (χ4v) is 3.47. The Morgan fingerprint density at radius 2 is 1.59 bits per heavy atom. The second-order valence-electron chi connectivity index (χ2n) is 5.89. The molecule has 0 aliphatic heterocycles. The molecule has 142 valence electrons. The Kier molecular flexibility index (Phi) is 5.86. The van der Waals surface area contributed by atoms with E-state index in [4.69, 9.17) is 0 Å². The number of alkyl halides is 3. The first-order chi connectivity index (χ1) is 12.9. The molecule has 0 atom stereocenters. The molecule has 1 heterocycles. The molecule has 0 amide bonds. The molecule has 0 radical (unpaired) electrons. The lowest BCUT2D eigenvalue weighted by Gasteiger charge is -2.11. The highest BCUT2D eigenvalue weighted by Crippen LogP contribution is 2.30. The third-order valence-electron chi connectivity index (χ3n) is 3.97. The molecular weight excluding hydrogens is 380 g/mol. The van der Waals surface area contributed by atoms with E-state index in [0.717, 1.165) is 23.3 Å². The minimum atomic E-state index is -4.35. The van der Waals surface area contributed by atoms with E-state index in [2.05, 4.69) is 4.98 Å². The Labute approximate surface area is 157 Å². The van der Waals surface area contributed by atoms with Crippen LogP contribution < -0.4 is 0 Å². The molecule has 1 aromatic heterocycles. The number of imidazole rings is 1. The number of hydrogen-bond acceptors (Lipinski definition) is 3. The van der Waals surface area contributed by atoms with Gasteiger partial charge in [-0.25, -0.2) is 9.37 Å². The summed E-state index contributed by atoms with van der Waals surface area (Å²) >= 11 is 1.36. The van der Waals surface area contributed by atoms with Crippen LogP contribution in [0.15, 0.2) is 59.9 Å². The fourth-order valence-electron chi connectivity index (χ4n) is 2.51. The maximum Gasteiger partial charge on any atom is 0.416 e. The van der Waals surface area contributed by atoms with Crippen LogP contribution in [0, 0.1) is 5.82 Å². The zero-order valence-corrected chi connectivity index (χ0v) is 14.9. The lowest BCUT2D eigenvalue weighted by atomic mass is 10.1. The summed E-state index contributed by atoms with van der Waals surface area (Å²) in [7, 11) is 0. The maximum absolute atomic E-state index is 13.1. The van der Waals surface area contributed by atoms with Gasteiger partial charge in [-0.05, 0) is 35.4 Å². The highest BCUT2D eigenvalue weighted by molar-refractivity contribution is 7.98. The normalized spacial score (nSPS) is 11.7. The molecular formula is C19H16F4N2OS. The van der Waals surface area contributed by atoms with Gasteiger partial charge in [0.25, 0.3) is 0 Å². The number of aliphatic hydroxyl groups is 1. The number of hydrogen-bond donors (Lipinski definition) is 1. The van der Waals surface area contributed by atoms with Gasteiger partial charge in [-0.15, -0.1) is 0 Å². The molecule has 2 aromatic carbocycles. The third kappa shape index (κ3) is 4.90. The summed E-state index contributed by atoms with van der Waals surface area (Å²) < 4.78 is 52.8. The predicted molar refractivity (Wildman–Crippen MR) is 94.7 cm³/mol. The van der Waals surface area contributed by atoms with Gasteiger partial charge in [-0.1, -0.05) is 36.0 Å².